The van der Waals surface area contributed by atoms with Crippen LogP contribution in [0.2, 0.25) is 0 Å². The molecular weight excluding hydrogens is 170 g/mol. The minimum absolute atomic E-state index is 0.120. The fourth-order valence-corrected chi connectivity index (χ4v) is 1.15. The van der Waals surface area contributed by atoms with E-state index in [9.17, 15) is 0 Å². The van der Waals surface area contributed by atoms with Gasteiger partial charge in [-0.2, -0.15) is 0 Å². The van der Waals surface area contributed by atoms with Gasteiger partial charge in [-0.1, -0.05) is 5.16 Å². The van der Waals surface area contributed by atoms with Crippen molar-refractivity contribution in [2.45, 2.75) is 13.0 Å². The molecule has 76 valence electrons. The first-order valence-corrected chi connectivity index (χ1v) is 4.49. The summed E-state index contributed by atoms with van der Waals surface area (Å²) in [5, 5.41) is 3.74. The van der Waals surface area contributed by atoms with Crippen LogP contribution in [0.5, 0.6) is 0 Å². The largest absolute Gasteiger partial charge is 0.395 e. The summed E-state index contributed by atoms with van der Waals surface area (Å²) in [6, 6.07) is 0. The van der Waals surface area contributed by atoms with Gasteiger partial charge < -0.3 is 20.2 Å². The van der Waals surface area contributed by atoms with E-state index in [0.717, 1.165) is 13.1 Å². The highest BCUT2D eigenvalue weighted by Gasteiger charge is 2.21. The van der Waals surface area contributed by atoms with Gasteiger partial charge in [0.05, 0.1) is 6.61 Å². The number of morpholine rings is 1. The lowest BCUT2D eigenvalue weighted by Crippen LogP contribution is -2.46. The minimum atomic E-state index is -0.120. The summed E-state index contributed by atoms with van der Waals surface area (Å²) < 4.78 is 5.43. The van der Waals surface area contributed by atoms with Crippen LogP contribution in [0.1, 0.15) is 6.92 Å². The van der Waals surface area contributed by atoms with Crippen LogP contribution in [0.4, 0.5) is 0 Å². The van der Waals surface area contributed by atoms with Gasteiger partial charge in [-0.25, -0.2) is 0 Å². The van der Waals surface area contributed by atoms with E-state index >= 15 is 0 Å². The standard InChI is InChI=1S/C8H17N3O2/c1-3-13-10-8(9)7-6-11(2)4-5-12-7/h7H,3-6H2,1-2H3,(H2,9,10). The molecule has 1 aliphatic heterocycles. The predicted octanol–water partition coefficient (Wildman–Crippen LogP) is -0.374. The molecule has 0 spiro atoms. The Balaban J connectivity index is 2.40. The Hall–Kier alpha value is -0.810. The Labute approximate surface area is 78.5 Å². The number of amidine groups is 1. The third-order valence-electron chi connectivity index (χ3n) is 1.90. The first-order valence-electron chi connectivity index (χ1n) is 4.49. The second kappa shape index (κ2) is 5.04. The van der Waals surface area contributed by atoms with Crippen LogP contribution < -0.4 is 5.73 Å². The SMILES string of the molecule is CCO/N=C(\N)C1CN(C)CCO1. The molecule has 0 amide bonds. The normalized spacial score (nSPS) is 26.0. The van der Waals surface area contributed by atoms with Crippen molar-refractivity contribution in [2.24, 2.45) is 10.9 Å². The molecule has 1 rings (SSSR count). The molecule has 0 aromatic carbocycles. The van der Waals surface area contributed by atoms with E-state index in [1.807, 2.05) is 14.0 Å². The zero-order valence-electron chi connectivity index (χ0n) is 8.19. The molecule has 2 N–H and O–H groups in total. The van der Waals surface area contributed by atoms with Gasteiger partial charge in [-0.15, -0.1) is 0 Å². The van der Waals surface area contributed by atoms with Crippen LogP contribution in [0.25, 0.3) is 0 Å². The van der Waals surface area contributed by atoms with Gasteiger partial charge in [-0.3, -0.25) is 0 Å². The van der Waals surface area contributed by atoms with E-state index in [4.69, 9.17) is 15.3 Å². The van der Waals surface area contributed by atoms with Crippen molar-refractivity contribution in [3.63, 3.8) is 0 Å². The van der Waals surface area contributed by atoms with Gasteiger partial charge in [-0.05, 0) is 14.0 Å². The van der Waals surface area contributed by atoms with Crippen LogP contribution >= 0.6 is 0 Å². The Morgan fingerprint density at radius 2 is 2.54 bits per heavy atom. The fraction of sp³-hybridized carbons (Fsp3) is 0.875. The number of nitrogens with zero attached hydrogens (tertiary/aromatic N) is 2. The van der Waals surface area contributed by atoms with Gasteiger partial charge in [0.25, 0.3) is 0 Å². The molecule has 1 unspecified atom stereocenters. The number of oxime groups is 1. The second-order valence-electron chi connectivity index (χ2n) is 3.06. The summed E-state index contributed by atoms with van der Waals surface area (Å²) in [5.41, 5.74) is 5.67. The van der Waals surface area contributed by atoms with Crippen molar-refractivity contribution < 1.29 is 9.57 Å². The quantitative estimate of drug-likeness (QED) is 0.372. The smallest absolute Gasteiger partial charge is 0.169 e. The highest BCUT2D eigenvalue weighted by atomic mass is 16.6. The Morgan fingerprint density at radius 3 is 3.15 bits per heavy atom. The Morgan fingerprint density at radius 1 is 1.77 bits per heavy atom. The van der Waals surface area contributed by atoms with Crippen molar-refractivity contribution >= 4 is 5.84 Å². The van der Waals surface area contributed by atoms with E-state index in [1.54, 1.807) is 0 Å². The number of likely N-dealkylation sites (N-methyl/N-ethyl adjacent to an activating group) is 1. The van der Waals surface area contributed by atoms with Gasteiger partial charge >= 0.3 is 0 Å². The Bertz CT molecular complexity index is 184. The lowest BCUT2D eigenvalue weighted by atomic mass is 10.2. The number of hydrogen-bond acceptors (Lipinski definition) is 4. The van der Waals surface area contributed by atoms with Crippen LogP contribution in [0.15, 0.2) is 5.16 Å². The van der Waals surface area contributed by atoms with E-state index in [-0.39, 0.29) is 6.10 Å². The average Bonchev–Trinajstić information content (AvgIpc) is 2.14. The van der Waals surface area contributed by atoms with Crippen molar-refractivity contribution in [3.8, 4) is 0 Å². The molecule has 0 radical (unpaired) electrons. The highest BCUT2D eigenvalue weighted by Crippen LogP contribution is 2.02. The maximum absolute atomic E-state index is 5.67. The van der Waals surface area contributed by atoms with Gasteiger partial charge in [0.1, 0.15) is 12.7 Å². The van der Waals surface area contributed by atoms with E-state index in [0.29, 0.717) is 19.0 Å². The predicted molar refractivity (Wildman–Crippen MR) is 50.5 cm³/mol. The molecule has 1 atom stereocenters. The maximum atomic E-state index is 5.67. The monoisotopic (exact) mass is 187 g/mol. The third-order valence-corrected chi connectivity index (χ3v) is 1.90. The third kappa shape index (κ3) is 3.20. The molecule has 1 saturated heterocycles. The molecular formula is C8H17N3O2. The lowest BCUT2D eigenvalue weighted by Gasteiger charge is -2.29. The number of rotatable bonds is 3. The molecule has 0 aromatic heterocycles. The first-order chi connectivity index (χ1) is 6.24. The Kier molecular flexibility index (Phi) is 3.98. The molecule has 1 fully saturated rings. The summed E-state index contributed by atoms with van der Waals surface area (Å²) in [5.74, 6) is 0.424. The number of hydrogen-bond donors (Lipinski definition) is 1. The molecule has 5 heteroatoms. The molecule has 0 aliphatic carbocycles. The summed E-state index contributed by atoms with van der Waals surface area (Å²) >= 11 is 0. The minimum Gasteiger partial charge on any atom is -0.395 e. The molecule has 0 aromatic rings. The van der Waals surface area contributed by atoms with Gasteiger partial charge in [0, 0.05) is 13.1 Å². The molecule has 0 saturated carbocycles. The summed E-state index contributed by atoms with van der Waals surface area (Å²) in [4.78, 5) is 7.00. The van der Waals surface area contributed by atoms with Crippen LogP contribution in [-0.4, -0.2) is 50.2 Å². The summed E-state index contributed by atoms with van der Waals surface area (Å²) in [7, 11) is 2.03. The topological polar surface area (TPSA) is 60.1 Å². The highest BCUT2D eigenvalue weighted by molar-refractivity contribution is 5.84. The molecule has 1 aliphatic rings. The van der Waals surface area contributed by atoms with E-state index in [1.165, 1.54) is 0 Å². The number of ether oxygens (including phenoxy) is 1. The second-order valence-corrected chi connectivity index (χ2v) is 3.06. The molecule has 0 bridgehead atoms. The van der Waals surface area contributed by atoms with Crippen molar-refractivity contribution in [1.29, 1.82) is 0 Å². The van der Waals surface area contributed by atoms with Crippen LogP contribution in [-0.2, 0) is 9.57 Å². The van der Waals surface area contributed by atoms with Gasteiger partial charge in [0.2, 0.25) is 0 Å². The zero-order valence-corrected chi connectivity index (χ0v) is 8.19. The molecule has 1 heterocycles. The number of nitrogens with two attached hydrogens (primary N) is 1. The lowest BCUT2D eigenvalue weighted by molar-refractivity contribution is 0.0139. The summed E-state index contributed by atoms with van der Waals surface area (Å²) in [6.07, 6.45) is -0.120. The van der Waals surface area contributed by atoms with E-state index < -0.39 is 0 Å². The van der Waals surface area contributed by atoms with Crippen molar-refractivity contribution in [1.82, 2.24) is 4.90 Å². The first kappa shape index (κ1) is 10.3. The van der Waals surface area contributed by atoms with Crippen molar-refractivity contribution in [2.75, 3.05) is 33.4 Å². The van der Waals surface area contributed by atoms with Crippen molar-refractivity contribution in [3.05, 3.63) is 0 Å². The average molecular weight is 187 g/mol. The summed E-state index contributed by atoms with van der Waals surface area (Å²) in [6.45, 7) is 4.82. The maximum Gasteiger partial charge on any atom is 0.169 e. The molecule has 13 heavy (non-hydrogen) atoms. The van der Waals surface area contributed by atoms with Crippen LogP contribution in [0.3, 0.4) is 0 Å². The zero-order chi connectivity index (χ0) is 9.68. The molecule has 5 nitrogen and oxygen atoms in total. The fourth-order valence-electron chi connectivity index (χ4n) is 1.15. The van der Waals surface area contributed by atoms with Crippen LogP contribution in [0, 0.1) is 0 Å². The van der Waals surface area contributed by atoms with Gasteiger partial charge in [0.15, 0.2) is 5.84 Å². The van der Waals surface area contributed by atoms with E-state index in [2.05, 4.69) is 10.1 Å².